The van der Waals surface area contributed by atoms with Crippen molar-refractivity contribution in [2.45, 2.75) is 0 Å². The Kier molecular flexibility index (Phi) is 4.13. The van der Waals surface area contributed by atoms with Gasteiger partial charge in [0.05, 0.1) is 14.1 Å². The summed E-state index contributed by atoms with van der Waals surface area (Å²) in [6, 6.07) is 0. The number of carboxylic acid groups (broad SMARTS) is 1. The maximum atomic E-state index is 10.6. The second-order valence-corrected chi connectivity index (χ2v) is 3.28. The van der Waals surface area contributed by atoms with Crippen LogP contribution in [0.25, 0.3) is 0 Å². The van der Waals surface area contributed by atoms with E-state index in [1.165, 1.54) is 0 Å². The van der Waals surface area contributed by atoms with E-state index in [9.17, 15) is 9.59 Å². The average Bonchev–Trinajstić information content (AvgIpc) is 1.98. The smallest absolute Gasteiger partial charge is 0.359 e. The molecule has 74 valence electrons. The van der Waals surface area contributed by atoms with Crippen molar-refractivity contribution in [3.8, 4) is 0 Å². The number of carbonyl (C=O) groups excluding carboxylic acids is 1. The van der Waals surface area contributed by atoms with E-state index in [4.69, 9.17) is 9.84 Å². The molecule has 0 atom stereocenters. The lowest BCUT2D eigenvalue weighted by molar-refractivity contribution is -0.900. The molecule has 0 bridgehead atoms. The van der Waals surface area contributed by atoms with E-state index in [0.29, 0.717) is 0 Å². The number of carbonyl (C=O) groups is 2. The van der Waals surface area contributed by atoms with E-state index < -0.39 is 11.9 Å². The molecule has 1 N–H and O–H groups in total. The summed E-state index contributed by atoms with van der Waals surface area (Å²) in [7, 11) is 3.31. The predicted octanol–water partition coefficient (Wildman–Crippen LogP) is -0.166. The van der Waals surface area contributed by atoms with Crippen molar-refractivity contribution in [2.75, 3.05) is 27.4 Å². The lowest BCUT2D eigenvalue weighted by Crippen LogP contribution is -2.45. The predicted molar refractivity (Wildman–Crippen MR) is 45.8 cm³/mol. The van der Waals surface area contributed by atoms with Gasteiger partial charge in [-0.25, -0.2) is 9.59 Å². The van der Waals surface area contributed by atoms with Crippen molar-refractivity contribution in [2.24, 2.45) is 0 Å². The van der Waals surface area contributed by atoms with Crippen molar-refractivity contribution in [3.63, 3.8) is 0 Å². The van der Waals surface area contributed by atoms with Gasteiger partial charge in [-0.05, 0) is 0 Å². The van der Waals surface area contributed by atoms with Crippen LogP contribution in [0.15, 0.2) is 12.7 Å². The van der Waals surface area contributed by atoms with E-state index in [1.807, 2.05) is 0 Å². The maximum absolute atomic E-state index is 10.6. The molecule has 5 nitrogen and oxygen atoms in total. The van der Waals surface area contributed by atoms with Crippen molar-refractivity contribution in [3.05, 3.63) is 12.7 Å². The summed E-state index contributed by atoms with van der Waals surface area (Å²) in [4.78, 5) is 21.0. The van der Waals surface area contributed by atoms with Crippen LogP contribution in [0.5, 0.6) is 0 Å². The summed E-state index contributed by atoms with van der Waals surface area (Å²) < 4.78 is 4.80. The van der Waals surface area contributed by atoms with Crippen LogP contribution in [-0.4, -0.2) is 48.9 Å². The first-order valence-corrected chi connectivity index (χ1v) is 3.70. The third kappa shape index (κ3) is 5.86. The summed E-state index contributed by atoms with van der Waals surface area (Å²) in [5.41, 5.74) is 0. The second-order valence-electron chi connectivity index (χ2n) is 3.28. The number of rotatable bonds is 5. The molecule has 0 aromatic rings. The summed E-state index contributed by atoms with van der Waals surface area (Å²) in [6.07, 6.45) is 1.04. The summed E-state index contributed by atoms with van der Waals surface area (Å²) in [6.45, 7) is 3.16. The molecule has 13 heavy (non-hydrogen) atoms. The minimum absolute atomic E-state index is 0.0250. The average molecular weight is 191 g/mol. The molecule has 0 rings (SSSR count). The zero-order valence-corrected chi connectivity index (χ0v) is 7.82. The van der Waals surface area contributed by atoms with E-state index in [2.05, 4.69) is 6.58 Å². The molecule has 0 aromatic heterocycles. The SMILES string of the molecule is C=CC(=O)OC[15N+]([13CH3])([13CH3])CC(=O)O. The zero-order valence-electron chi connectivity index (χ0n) is 7.82. The monoisotopic (exact) mass is 191 g/mol. The molecule has 5 heteroatoms. The molecule has 0 spiro atoms. The molecule has 0 amide bonds. The number of carboxylic acids is 1. The molecular formula is C8H14NO4+. The van der Waals surface area contributed by atoms with Gasteiger partial charge >= 0.3 is 11.9 Å². The Morgan fingerprint density at radius 1 is 1.54 bits per heavy atom. The fourth-order valence-corrected chi connectivity index (χ4v) is 0.709. The number of aliphatic carboxylic acids is 1. The van der Waals surface area contributed by atoms with Crippen LogP contribution in [0, 0.1) is 0 Å². The third-order valence-corrected chi connectivity index (χ3v) is 1.29. The van der Waals surface area contributed by atoms with E-state index in [0.717, 1.165) is 6.08 Å². The Morgan fingerprint density at radius 3 is 2.46 bits per heavy atom. The maximum Gasteiger partial charge on any atom is 0.359 e. The minimum Gasteiger partial charge on any atom is -0.477 e. The Bertz CT molecular complexity index is 222. The summed E-state index contributed by atoms with van der Waals surface area (Å²) >= 11 is 0. The number of likely N-dealkylation sites (N-methyl/N-ethyl adjacent to an activating group) is 1. The second kappa shape index (κ2) is 4.61. The fourth-order valence-electron chi connectivity index (χ4n) is 0.709. The van der Waals surface area contributed by atoms with Crippen molar-refractivity contribution in [1.82, 2.24) is 0 Å². The van der Waals surface area contributed by atoms with Gasteiger partial charge < -0.3 is 9.84 Å². The van der Waals surface area contributed by atoms with Crippen LogP contribution in [0.4, 0.5) is 0 Å². The number of hydrogen-bond donors (Lipinski definition) is 1. The molecule has 0 aliphatic rings. The molecule has 0 aromatic carbocycles. The summed E-state index contributed by atoms with van der Waals surface area (Å²) in [5, 5.41) is 8.50. The number of nitrogens with zero attached hydrogens (tertiary/aromatic N) is 1. The zero-order chi connectivity index (χ0) is 10.5. The van der Waals surface area contributed by atoms with Gasteiger partial charge in [-0.2, -0.15) is 0 Å². The number of esters is 1. The van der Waals surface area contributed by atoms with Gasteiger partial charge in [-0.15, -0.1) is 0 Å². The Balaban J connectivity index is 3.95. The minimum atomic E-state index is -0.931. The Hall–Kier alpha value is -1.36. The lowest BCUT2D eigenvalue weighted by Gasteiger charge is -2.26. The molecule has 0 aliphatic carbocycles. The van der Waals surface area contributed by atoms with Gasteiger partial charge in [0.15, 0.2) is 6.54 Å². The topological polar surface area (TPSA) is 63.6 Å². The van der Waals surface area contributed by atoms with Crippen LogP contribution < -0.4 is 0 Å². The molecule has 0 unspecified atom stereocenters. The quantitative estimate of drug-likeness (QED) is 0.164. The van der Waals surface area contributed by atoms with Crippen LogP contribution in [0.1, 0.15) is 0 Å². The van der Waals surface area contributed by atoms with Gasteiger partial charge in [0.25, 0.3) is 0 Å². The van der Waals surface area contributed by atoms with Crippen LogP contribution in [0.3, 0.4) is 0 Å². The normalized spacial score (nSPS) is 10.6. The van der Waals surface area contributed by atoms with Crippen LogP contribution in [0.2, 0.25) is 0 Å². The molecule has 0 heterocycles. The van der Waals surface area contributed by atoms with E-state index in [-0.39, 0.29) is 17.8 Å². The highest BCUT2D eigenvalue weighted by molar-refractivity contribution is 5.81. The lowest BCUT2D eigenvalue weighted by atomic mass is 10.6. The molecule has 0 fully saturated rings. The van der Waals surface area contributed by atoms with Gasteiger partial charge in [0.2, 0.25) is 6.73 Å². The highest BCUT2D eigenvalue weighted by Gasteiger charge is 2.20. The van der Waals surface area contributed by atoms with E-state index in [1.54, 1.807) is 14.1 Å². The first-order chi connectivity index (χ1) is 5.87. The van der Waals surface area contributed by atoms with Crippen molar-refractivity contribution >= 4 is 11.9 Å². The van der Waals surface area contributed by atoms with Crippen LogP contribution >= 0.6 is 0 Å². The van der Waals surface area contributed by atoms with Crippen molar-refractivity contribution < 1.29 is 23.9 Å². The fraction of sp³-hybridized carbons (Fsp3) is 0.500. The number of quaternary nitrogens is 1. The van der Waals surface area contributed by atoms with Crippen molar-refractivity contribution in [1.29, 1.82) is 0 Å². The molecule has 0 saturated carbocycles. The first-order valence-electron chi connectivity index (χ1n) is 3.70. The number of ether oxygens (including phenoxy) is 1. The Labute approximate surface area is 76.8 Å². The highest BCUT2D eigenvalue weighted by atomic mass is 16.6. The Morgan fingerprint density at radius 2 is 2.08 bits per heavy atom. The van der Waals surface area contributed by atoms with Gasteiger partial charge in [0, 0.05) is 6.08 Å². The summed E-state index contributed by atoms with van der Waals surface area (Å²) in [5.74, 6) is -1.48. The molecule has 0 radical (unpaired) electrons. The standard InChI is InChI=1S/C8H13NO4/c1-4-8(12)13-6-9(2,3)5-7(10)11/h4H,1,5-6H2,2-3H3/p+1/i2+1,3+1,9+1. The van der Waals surface area contributed by atoms with Gasteiger partial charge in [0.1, 0.15) is 0 Å². The van der Waals surface area contributed by atoms with Crippen LogP contribution in [-0.2, 0) is 14.3 Å². The highest BCUT2D eigenvalue weighted by Crippen LogP contribution is 1.97. The molecule has 0 aliphatic heterocycles. The van der Waals surface area contributed by atoms with E-state index >= 15 is 0 Å². The number of hydrogen-bond acceptors (Lipinski definition) is 3. The van der Waals surface area contributed by atoms with Gasteiger partial charge in [-0.3, -0.25) is 4.48 Å². The molecular weight excluding hydrogens is 177 g/mol. The van der Waals surface area contributed by atoms with Gasteiger partial charge in [-0.1, -0.05) is 6.58 Å². The first kappa shape index (κ1) is 11.6. The molecule has 0 saturated heterocycles. The third-order valence-electron chi connectivity index (χ3n) is 1.29. The largest absolute Gasteiger partial charge is 0.477 e.